The molecule has 2 atom stereocenters. The zero-order chi connectivity index (χ0) is 40.7. The monoisotopic (exact) mass is 798 g/mol. The Bertz CT molecular complexity index is 1040. The summed E-state index contributed by atoms with van der Waals surface area (Å²) in [5.74, 6) is -0.896. The number of esters is 2. The van der Waals surface area contributed by atoms with E-state index in [2.05, 4.69) is 50.3 Å². The number of phosphoric acid groups is 1. The van der Waals surface area contributed by atoms with E-state index in [1.165, 1.54) is 96.3 Å². The zero-order valence-corrected chi connectivity index (χ0v) is 37.0. The van der Waals surface area contributed by atoms with E-state index < -0.39 is 32.5 Å². The van der Waals surface area contributed by atoms with Crippen molar-refractivity contribution in [3.63, 3.8) is 0 Å². The molecule has 0 heterocycles. The standard InChI is InChI=1S/C45H84NO8P/c1-6-8-10-12-14-16-18-20-22-23-24-26-28-30-32-34-36-38-45(48)54-43(42-53-55(49,50)52-40-39-46(3,4)5)41-51-44(47)37-35-33-31-29-27-25-21-19-17-15-13-11-9-7-2/h19,21,24,26,30,32,43H,6-18,20,22-23,25,27-29,31,33-42H2,1-5H3/b21-19+,26-24+,32-30+/t43-/m1/s1. The van der Waals surface area contributed by atoms with E-state index in [4.69, 9.17) is 18.5 Å². The van der Waals surface area contributed by atoms with Crippen molar-refractivity contribution < 1.29 is 42.1 Å². The van der Waals surface area contributed by atoms with Crippen molar-refractivity contribution in [1.82, 2.24) is 0 Å². The van der Waals surface area contributed by atoms with E-state index in [1.54, 1.807) is 0 Å². The summed E-state index contributed by atoms with van der Waals surface area (Å²) in [7, 11) is 1.14. The van der Waals surface area contributed by atoms with Gasteiger partial charge in [0, 0.05) is 12.8 Å². The molecule has 0 aliphatic heterocycles. The van der Waals surface area contributed by atoms with Crippen LogP contribution in [0, 0.1) is 0 Å². The lowest BCUT2D eigenvalue weighted by Gasteiger charge is -2.28. The van der Waals surface area contributed by atoms with Crippen LogP contribution < -0.4 is 4.89 Å². The van der Waals surface area contributed by atoms with Gasteiger partial charge in [0.1, 0.15) is 19.8 Å². The zero-order valence-electron chi connectivity index (χ0n) is 36.1. The Morgan fingerprint density at radius 2 is 1.00 bits per heavy atom. The van der Waals surface area contributed by atoms with Gasteiger partial charge in [-0.1, -0.05) is 147 Å². The Balaban J connectivity index is 4.43. The summed E-state index contributed by atoms with van der Waals surface area (Å²) in [6.07, 6.45) is 41.8. The fourth-order valence-corrected chi connectivity index (χ4v) is 6.59. The molecule has 0 aliphatic carbocycles. The van der Waals surface area contributed by atoms with Crippen LogP contribution in [0.3, 0.4) is 0 Å². The second kappa shape index (κ2) is 37.8. The molecule has 1 unspecified atom stereocenters. The summed E-state index contributed by atoms with van der Waals surface area (Å²) in [6, 6.07) is 0. The molecule has 0 bridgehead atoms. The number of carbonyl (C=O) groups excluding carboxylic acids is 2. The van der Waals surface area contributed by atoms with Crippen molar-refractivity contribution in [3.05, 3.63) is 36.5 Å². The average molecular weight is 798 g/mol. The molecule has 322 valence electrons. The molecule has 0 N–H and O–H groups in total. The van der Waals surface area contributed by atoms with Gasteiger partial charge in [-0.25, -0.2) is 0 Å². The maximum atomic E-state index is 12.6. The van der Waals surface area contributed by atoms with Crippen molar-refractivity contribution in [2.24, 2.45) is 0 Å². The van der Waals surface area contributed by atoms with E-state index in [0.29, 0.717) is 23.9 Å². The van der Waals surface area contributed by atoms with Gasteiger partial charge in [0.15, 0.2) is 6.10 Å². The summed E-state index contributed by atoms with van der Waals surface area (Å²) >= 11 is 0. The predicted molar refractivity (Wildman–Crippen MR) is 227 cm³/mol. The van der Waals surface area contributed by atoms with Crippen LogP contribution in [0.15, 0.2) is 36.5 Å². The lowest BCUT2D eigenvalue weighted by molar-refractivity contribution is -0.870. The third kappa shape index (κ3) is 41.7. The highest BCUT2D eigenvalue weighted by molar-refractivity contribution is 7.45. The Hall–Kier alpha value is -1.77. The number of unbranched alkanes of at least 4 members (excludes halogenated alkanes) is 20. The average Bonchev–Trinajstić information content (AvgIpc) is 3.13. The molecule has 9 nitrogen and oxygen atoms in total. The molecule has 0 aromatic heterocycles. The largest absolute Gasteiger partial charge is 0.756 e. The molecule has 0 aliphatic rings. The van der Waals surface area contributed by atoms with Crippen molar-refractivity contribution in [3.8, 4) is 0 Å². The number of ether oxygens (including phenoxy) is 2. The first-order valence-electron chi connectivity index (χ1n) is 22.2. The number of quaternary nitrogens is 1. The number of phosphoric ester groups is 1. The van der Waals surface area contributed by atoms with Gasteiger partial charge in [-0.3, -0.25) is 14.2 Å². The minimum atomic E-state index is -4.63. The second-order valence-corrected chi connectivity index (χ2v) is 17.5. The molecule has 10 heteroatoms. The SMILES string of the molecule is CCCCCCC/C=C/CCCCCCCC(=O)OC[C@H](COP(=O)([O-])OCC[N+](C)(C)C)OC(=O)CCC/C=C/C/C=C/CCCCCCCCCCC. The van der Waals surface area contributed by atoms with Crippen LogP contribution in [-0.4, -0.2) is 70.0 Å². The number of hydrogen-bond acceptors (Lipinski definition) is 8. The minimum absolute atomic E-state index is 0.0395. The predicted octanol–water partition coefficient (Wildman–Crippen LogP) is 11.9. The lowest BCUT2D eigenvalue weighted by Crippen LogP contribution is -2.37. The van der Waals surface area contributed by atoms with Crippen LogP contribution in [0.1, 0.15) is 187 Å². The molecule has 0 rings (SSSR count). The molecule has 55 heavy (non-hydrogen) atoms. The number of allylic oxidation sites excluding steroid dienone is 6. The van der Waals surface area contributed by atoms with Gasteiger partial charge in [0.2, 0.25) is 0 Å². The van der Waals surface area contributed by atoms with E-state index in [9.17, 15) is 19.0 Å². The highest BCUT2D eigenvalue weighted by atomic mass is 31.2. The minimum Gasteiger partial charge on any atom is -0.756 e. The maximum absolute atomic E-state index is 12.6. The summed E-state index contributed by atoms with van der Waals surface area (Å²) in [4.78, 5) is 37.5. The summed E-state index contributed by atoms with van der Waals surface area (Å²) in [5, 5.41) is 0. The number of carbonyl (C=O) groups is 2. The van der Waals surface area contributed by atoms with Crippen LogP contribution in [0.2, 0.25) is 0 Å². The number of nitrogens with zero attached hydrogens (tertiary/aromatic N) is 1. The molecule has 0 fully saturated rings. The van der Waals surface area contributed by atoms with E-state index in [-0.39, 0.29) is 26.1 Å². The lowest BCUT2D eigenvalue weighted by atomic mass is 10.1. The van der Waals surface area contributed by atoms with E-state index in [0.717, 1.165) is 51.4 Å². The quantitative estimate of drug-likeness (QED) is 0.0198. The van der Waals surface area contributed by atoms with Crippen molar-refractivity contribution in [2.45, 2.75) is 193 Å². The fourth-order valence-electron chi connectivity index (χ4n) is 5.86. The van der Waals surface area contributed by atoms with Gasteiger partial charge in [-0.2, -0.15) is 0 Å². The van der Waals surface area contributed by atoms with Crippen LogP contribution in [-0.2, 0) is 32.7 Å². The first-order chi connectivity index (χ1) is 26.5. The fraction of sp³-hybridized carbons (Fsp3) is 0.822. The third-order valence-corrected chi connectivity index (χ3v) is 10.3. The molecular formula is C45H84NO8P. The molecule has 0 spiro atoms. The normalized spacial score (nSPS) is 13.9. The van der Waals surface area contributed by atoms with Gasteiger partial charge in [-0.15, -0.1) is 0 Å². The van der Waals surface area contributed by atoms with Gasteiger partial charge in [0.05, 0.1) is 27.7 Å². The topological polar surface area (TPSA) is 111 Å². The number of likely N-dealkylation sites (N-methyl/N-ethyl adjacent to an activating group) is 1. The van der Waals surface area contributed by atoms with Crippen LogP contribution in [0.25, 0.3) is 0 Å². The van der Waals surface area contributed by atoms with Gasteiger partial charge in [0.25, 0.3) is 7.82 Å². The maximum Gasteiger partial charge on any atom is 0.306 e. The van der Waals surface area contributed by atoms with Crippen molar-refractivity contribution in [2.75, 3.05) is 47.5 Å². The summed E-state index contributed by atoms with van der Waals surface area (Å²) in [6.45, 7) is 4.16. The van der Waals surface area contributed by atoms with E-state index >= 15 is 0 Å². The Kier molecular flexibility index (Phi) is 36.6. The molecule has 0 aromatic rings. The highest BCUT2D eigenvalue weighted by Crippen LogP contribution is 2.38. The summed E-state index contributed by atoms with van der Waals surface area (Å²) < 4.78 is 33.8. The highest BCUT2D eigenvalue weighted by Gasteiger charge is 2.21. The smallest absolute Gasteiger partial charge is 0.306 e. The summed E-state index contributed by atoms with van der Waals surface area (Å²) in [5.41, 5.74) is 0. The third-order valence-electron chi connectivity index (χ3n) is 9.38. The molecule has 0 radical (unpaired) electrons. The molecule has 0 saturated heterocycles. The van der Waals surface area contributed by atoms with E-state index in [1.807, 2.05) is 21.1 Å². The number of hydrogen-bond donors (Lipinski definition) is 0. The van der Waals surface area contributed by atoms with Crippen molar-refractivity contribution >= 4 is 19.8 Å². The molecule has 0 aromatic carbocycles. The first-order valence-corrected chi connectivity index (χ1v) is 23.7. The first kappa shape index (κ1) is 53.2. The van der Waals surface area contributed by atoms with Crippen molar-refractivity contribution in [1.29, 1.82) is 0 Å². The number of rotatable bonds is 40. The molecule has 0 amide bonds. The molecule has 0 saturated carbocycles. The second-order valence-electron chi connectivity index (χ2n) is 16.1. The van der Waals surface area contributed by atoms with Gasteiger partial charge in [-0.05, 0) is 64.2 Å². The Morgan fingerprint density at radius 1 is 0.564 bits per heavy atom. The van der Waals surface area contributed by atoms with Crippen LogP contribution in [0.4, 0.5) is 0 Å². The Labute approximate surface area is 338 Å². The Morgan fingerprint density at radius 3 is 1.51 bits per heavy atom. The van der Waals surface area contributed by atoms with Gasteiger partial charge < -0.3 is 27.9 Å². The molecular weight excluding hydrogens is 713 g/mol. The van der Waals surface area contributed by atoms with Gasteiger partial charge >= 0.3 is 11.9 Å². The van der Waals surface area contributed by atoms with Crippen LogP contribution >= 0.6 is 7.82 Å². The van der Waals surface area contributed by atoms with Crippen LogP contribution in [0.5, 0.6) is 0 Å².